The number of ether oxygens (including phenoxy) is 1. The summed E-state index contributed by atoms with van der Waals surface area (Å²) in [5, 5.41) is 13.3. The summed E-state index contributed by atoms with van der Waals surface area (Å²) >= 11 is 12.0. The molecular weight excluding hydrogens is 485 g/mol. The fourth-order valence-corrected chi connectivity index (χ4v) is 5.02. The Balaban J connectivity index is 2.39. The summed E-state index contributed by atoms with van der Waals surface area (Å²) in [4.78, 5) is 26.4. The number of carbonyl (C=O) groups excluding carboxylic acids is 2. The standard InChI is InChI=1S/C25H24Cl2F2N2O3/c1-24(2,3)11-18(32)22-25(12-30,15-9-8-13(26)10-17(15)28)19(21(31-22)23(33)34-4)14-6-5-7-16(27)20(14)29/h5-10,19,21-22,31H,11H2,1-4H3/t19-,21+,22+,25+/m0/s1. The van der Waals surface area contributed by atoms with Gasteiger partial charge in [0.2, 0.25) is 0 Å². The fraction of sp³-hybridized carbons (Fsp3) is 0.400. The Kier molecular flexibility index (Phi) is 7.37. The maximum Gasteiger partial charge on any atom is 0.323 e. The number of rotatable bonds is 5. The van der Waals surface area contributed by atoms with Crippen molar-refractivity contribution in [3.63, 3.8) is 0 Å². The van der Waals surface area contributed by atoms with Crippen LogP contribution in [0, 0.1) is 28.4 Å². The van der Waals surface area contributed by atoms with Gasteiger partial charge in [-0.05, 0) is 29.2 Å². The average Bonchev–Trinajstić information content (AvgIpc) is 3.10. The molecule has 180 valence electrons. The Morgan fingerprint density at radius 1 is 1.21 bits per heavy atom. The third-order valence-electron chi connectivity index (χ3n) is 5.99. The summed E-state index contributed by atoms with van der Waals surface area (Å²) in [5.74, 6) is -4.33. The first-order valence-corrected chi connectivity index (χ1v) is 11.3. The van der Waals surface area contributed by atoms with Crippen LogP contribution in [0.1, 0.15) is 44.2 Å². The van der Waals surface area contributed by atoms with Gasteiger partial charge in [-0.3, -0.25) is 14.9 Å². The molecule has 0 radical (unpaired) electrons. The van der Waals surface area contributed by atoms with Gasteiger partial charge in [0.25, 0.3) is 0 Å². The summed E-state index contributed by atoms with van der Waals surface area (Å²) < 4.78 is 35.6. The van der Waals surface area contributed by atoms with E-state index in [1.165, 1.54) is 30.3 Å². The molecule has 5 nitrogen and oxygen atoms in total. The van der Waals surface area contributed by atoms with E-state index in [1.54, 1.807) is 0 Å². The van der Waals surface area contributed by atoms with E-state index >= 15 is 8.78 Å². The molecule has 4 atom stereocenters. The van der Waals surface area contributed by atoms with Crippen LogP contribution in [-0.2, 0) is 19.7 Å². The van der Waals surface area contributed by atoms with Crippen LogP contribution in [-0.4, -0.2) is 30.9 Å². The Morgan fingerprint density at radius 3 is 2.44 bits per heavy atom. The largest absolute Gasteiger partial charge is 0.468 e. The van der Waals surface area contributed by atoms with Gasteiger partial charge < -0.3 is 4.74 Å². The van der Waals surface area contributed by atoms with Crippen molar-refractivity contribution in [2.24, 2.45) is 5.41 Å². The number of carbonyl (C=O) groups is 2. The monoisotopic (exact) mass is 508 g/mol. The molecule has 0 aliphatic carbocycles. The molecule has 1 saturated heterocycles. The molecule has 3 rings (SSSR count). The summed E-state index contributed by atoms with van der Waals surface area (Å²) in [6, 6.07) is 7.22. The van der Waals surface area contributed by atoms with Gasteiger partial charge >= 0.3 is 5.97 Å². The number of methoxy groups -OCH3 is 1. The van der Waals surface area contributed by atoms with Crippen LogP contribution in [0.25, 0.3) is 0 Å². The van der Waals surface area contributed by atoms with Gasteiger partial charge in [0, 0.05) is 22.9 Å². The highest BCUT2D eigenvalue weighted by Crippen LogP contribution is 2.51. The van der Waals surface area contributed by atoms with E-state index in [0.717, 1.165) is 13.2 Å². The molecule has 1 N–H and O–H groups in total. The summed E-state index contributed by atoms with van der Waals surface area (Å²) in [7, 11) is 1.14. The van der Waals surface area contributed by atoms with Crippen molar-refractivity contribution >= 4 is 35.0 Å². The number of nitrogens with zero attached hydrogens (tertiary/aromatic N) is 1. The zero-order valence-electron chi connectivity index (χ0n) is 19.1. The van der Waals surface area contributed by atoms with Crippen LogP contribution in [0.15, 0.2) is 36.4 Å². The molecule has 0 bridgehead atoms. The Bertz CT molecular complexity index is 1180. The summed E-state index contributed by atoms with van der Waals surface area (Å²) in [6.45, 7) is 5.51. The minimum Gasteiger partial charge on any atom is -0.468 e. The zero-order chi connectivity index (χ0) is 25.4. The van der Waals surface area contributed by atoms with E-state index in [-0.39, 0.29) is 27.6 Å². The maximum atomic E-state index is 15.4. The second-order valence-corrected chi connectivity index (χ2v) is 10.4. The van der Waals surface area contributed by atoms with Gasteiger partial charge in [-0.15, -0.1) is 0 Å². The molecule has 1 aliphatic heterocycles. The lowest BCUT2D eigenvalue weighted by molar-refractivity contribution is -0.143. The van der Waals surface area contributed by atoms with Gasteiger partial charge in [0.05, 0.1) is 24.2 Å². The minimum atomic E-state index is -2.01. The van der Waals surface area contributed by atoms with E-state index in [1.807, 2.05) is 20.8 Å². The molecule has 9 heteroatoms. The van der Waals surface area contributed by atoms with Crippen LogP contribution in [0.3, 0.4) is 0 Å². The van der Waals surface area contributed by atoms with Crippen LogP contribution in [0.2, 0.25) is 10.0 Å². The topological polar surface area (TPSA) is 79.2 Å². The van der Waals surface area contributed by atoms with E-state index in [4.69, 9.17) is 27.9 Å². The number of esters is 1. The minimum absolute atomic E-state index is 0.0158. The van der Waals surface area contributed by atoms with Gasteiger partial charge in [0.15, 0.2) is 5.78 Å². The lowest BCUT2D eigenvalue weighted by atomic mass is 9.63. The lowest BCUT2D eigenvalue weighted by Gasteiger charge is -2.35. The van der Waals surface area contributed by atoms with Crippen molar-refractivity contribution in [2.75, 3.05) is 7.11 Å². The van der Waals surface area contributed by atoms with Crippen molar-refractivity contribution in [3.05, 3.63) is 69.2 Å². The first-order valence-electron chi connectivity index (χ1n) is 10.5. The van der Waals surface area contributed by atoms with E-state index in [9.17, 15) is 14.9 Å². The average molecular weight is 509 g/mol. The molecule has 2 aromatic rings. The quantitative estimate of drug-likeness (QED) is 0.551. The molecule has 1 aliphatic rings. The highest BCUT2D eigenvalue weighted by atomic mass is 35.5. The van der Waals surface area contributed by atoms with Crippen molar-refractivity contribution < 1.29 is 23.1 Å². The predicted octanol–water partition coefficient (Wildman–Crippen LogP) is 5.34. The number of hydrogen-bond acceptors (Lipinski definition) is 5. The Labute approximate surface area is 207 Å². The van der Waals surface area contributed by atoms with Gasteiger partial charge in [0.1, 0.15) is 23.1 Å². The van der Waals surface area contributed by atoms with Crippen molar-refractivity contribution in [1.82, 2.24) is 5.32 Å². The third kappa shape index (κ3) is 4.55. The number of nitrogens with one attached hydrogen (secondary N) is 1. The molecule has 0 aromatic heterocycles. The smallest absolute Gasteiger partial charge is 0.323 e. The molecule has 1 fully saturated rings. The van der Waals surface area contributed by atoms with Crippen LogP contribution in [0.4, 0.5) is 8.78 Å². The van der Waals surface area contributed by atoms with Crippen molar-refractivity contribution in [1.29, 1.82) is 5.26 Å². The van der Waals surface area contributed by atoms with Gasteiger partial charge in [-0.1, -0.05) is 62.2 Å². The number of halogens is 4. The maximum absolute atomic E-state index is 15.4. The van der Waals surface area contributed by atoms with E-state index in [2.05, 4.69) is 11.4 Å². The second kappa shape index (κ2) is 9.61. The summed E-state index contributed by atoms with van der Waals surface area (Å²) in [5.41, 5.74) is -2.78. The van der Waals surface area contributed by atoms with Crippen LogP contribution in [0.5, 0.6) is 0 Å². The molecule has 0 saturated carbocycles. The SMILES string of the molecule is COC(=O)[C@@H]1N[C@H](C(=O)CC(C)(C)C)[C@](C#N)(c2ccc(Cl)cc2F)[C@H]1c1cccc(Cl)c1F. The first kappa shape index (κ1) is 26.1. The molecule has 1 heterocycles. The summed E-state index contributed by atoms with van der Waals surface area (Å²) in [6.07, 6.45) is 0.0158. The number of benzene rings is 2. The number of Topliss-reactive ketones (excluding diaryl/α,β-unsaturated/α-hetero) is 1. The molecule has 0 unspecified atom stereocenters. The van der Waals surface area contributed by atoms with E-state index in [0.29, 0.717) is 0 Å². The van der Waals surface area contributed by atoms with Crippen molar-refractivity contribution in [2.45, 2.75) is 50.6 Å². The third-order valence-corrected chi connectivity index (χ3v) is 6.51. The van der Waals surface area contributed by atoms with Crippen LogP contribution < -0.4 is 5.32 Å². The normalized spacial score (nSPS) is 24.5. The molecule has 0 spiro atoms. The molecule has 0 amide bonds. The Hall–Kier alpha value is -2.53. The van der Waals surface area contributed by atoms with Gasteiger partial charge in [-0.25, -0.2) is 8.78 Å². The number of hydrogen-bond donors (Lipinski definition) is 1. The van der Waals surface area contributed by atoms with Gasteiger partial charge in [-0.2, -0.15) is 5.26 Å². The van der Waals surface area contributed by atoms with Crippen LogP contribution >= 0.6 is 23.2 Å². The van der Waals surface area contributed by atoms with Crippen molar-refractivity contribution in [3.8, 4) is 6.07 Å². The highest BCUT2D eigenvalue weighted by Gasteiger charge is 2.63. The lowest BCUT2D eigenvalue weighted by Crippen LogP contribution is -2.49. The number of ketones is 1. The second-order valence-electron chi connectivity index (χ2n) is 9.53. The molecule has 2 aromatic carbocycles. The molecule has 34 heavy (non-hydrogen) atoms. The highest BCUT2D eigenvalue weighted by molar-refractivity contribution is 6.31. The zero-order valence-corrected chi connectivity index (χ0v) is 20.6. The first-order chi connectivity index (χ1) is 15.9. The fourth-order valence-electron chi connectivity index (χ4n) is 4.68. The predicted molar refractivity (Wildman–Crippen MR) is 125 cm³/mol. The Morgan fingerprint density at radius 2 is 1.88 bits per heavy atom. The number of nitriles is 1. The van der Waals surface area contributed by atoms with E-state index < -0.39 is 52.2 Å². The molecular formula is C25H24Cl2F2N2O3.